The maximum absolute atomic E-state index is 6.80. The van der Waals surface area contributed by atoms with Crippen LogP contribution in [0.5, 0.6) is 5.75 Å². The van der Waals surface area contributed by atoms with E-state index in [0.29, 0.717) is 0 Å². The summed E-state index contributed by atoms with van der Waals surface area (Å²) in [6.07, 6.45) is 2.20. The number of fused-ring (bicyclic) bond motifs is 1. The van der Waals surface area contributed by atoms with Gasteiger partial charge in [-0.3, -0.25) is 4.90 Å². The zero-order valence-corrected chi connectivity index (χ0v) is 24.2. The van der Waals surface area contributed by atoms with Crippen molar-refractivity contribution < 1.29 is 9.47 Å². The molecule has 2 atom stereocenters. The lowest BCUT2D eigenvalue weighted by molar-refractivity contribution is 0.0218. The van der Waals surface area contributed by atoms with Crippen LogP contribution in [0.25, 0.3) is 0 Å². The van der Waals surface area contributed by atoms with Crippen molar-refractivity contribution in [1.82, 2.24) is 9.80 Å². The number of benzene rings is 3. The maximum Gasteiger partial charge on any atom is 0.138 e. The van der Waals surface area contributed by atoms with E-state index in [4.69, 9.17) is 15.2 Å². The van der Waals surface area contributed by atoms with Gasteiger partial charge >= 0.3 is 0 Å². The third-order valence-corrected chi connectivity index (χ3v) is 8.70. The van der Waals surface area contributed by atoms with Gasteiger partial charge in [-0.15, -0.1) is 0 Å². The quantitative estimate of drug-likeness (QED) is 0.330. The van der Waals surface area contributed by atoms with Gasteiger partial charge in [0.1, 0.15) is 17.5 Å². The van der Waals surface area contributed by atoms with E-state index >= 15 is 0 Å². The van der Waals surface area contributed by atoms with Crippen LogP contribution in [0.4, 0.5) is 0 Å². The second-order valence-corrected chi connectivity index (χ2v) is 11.7. The maximum atomic E-state index is 6.80. The Balaban J connectivity index is 1.06. The number of ether oxygens (including phenoxy) is 2. The lowest BCUT2D eigenvalue weighted by Crippen LogP contribution is -2.54. The Kier molecular flexibility index (Phi) is 8.73. The average Bonchev–Trinajstić information content (AvgIpc) is 3.21. The number of aryl methyl sites for hydroxylation is 2. The fraction of sp³-hybridized carbons (Fsp3) is 0.471. The fourth-order valence-corrected chi connectivity index (χ4v) is 6.22. The monoisotopic (exact) mass is 527 g/mol. The molecule has 5 heteroatoms. The molecule has 0 saturated carbocycles. The predicted molar refractivity (Wildman–Crippen MR) is 159 cm³/mol. The molecule has 0 spiro atoms. The number of unbranched alkanes of at least 4 members (excludes halogenated alkanes) is 1. The molecule has 0 bridgehead atoms. The van der Waals surface area contributed by atoms with Crippen molar-refractivity contribution in [2.45, 2.75) is 58.3 Å². The first kappa shape index (κ1) is 27.9. The van der Waals surface area contributed by atoms with E-state index in [1.54, 1.807) is 0 Å². The first-order chi connectivity index (χ1) is 18.9. The molecule has 1 fully saturated rings. The topological polar surface area (TPSA) is 51.0 Å². The molecule has 2 aliphatic rings. The summed E-state index contributed by atoms with van der Waals surface area (Å²) in [6.45, 7) is 15.7. The smallest absolute Gasteiger partial charge is 0.138 e. The normalized spacial score (nSPS) is 21.7. The Morgan fingerprint density at radius 1 is 0.872 bits per heavy atom. The van der Waals surface area contributed by atoms with E-state index in [1.165, 1.54) is 33.4 Å². The zero-order chi connectivity index (χ0) is 27.4. The Morgan fingerprint density at radius 3 is 2.08 bits per heavy atom. The molecule has 5 nitrogen and oxygen atoms in total. The molecule has 0 aromatic heterocycles. The minimum atomic E-state index is -0.390. The summed E-state index contributed by atoms with van der Waals surface area (Å²) >= 11 is 0. The van der Waals surface area contributed by atoms with Crippen LogP contribution in [-0.2, 0) is 4.74 Å². The van der Waals surface area contributed by atoms with Gasteiger partial charge in [-0.1, -0.05) is 66.7 Å². The van der Waals surface area contributed by atoms with Gasteiger partial charge in [0.05, 0.1) is 6.04 Å². The third kappa shape index (κ3) is 6.22. The van der Waals surface area contributed by atoms with Crippen molar-refractivity contribution in [3.63, 3.8) is 0 Å². The van der Waals surface area contributed by atoms with Gasteiger partial charge < -0.3 is 20.1 Å². The van der Waals surface area contributed by atoms with Crippen LogP contribution in [0.3, 0.4) is 0 Å². The average molecular weight is 528 g/mol. The predicted octanol–water partition coefficient (Wildman–Crippen LogP) is 5.97. The van der Waals surface area contributed by atoms with Gasteiger partial charge in [0, 0.05) is 44.9 Å². The Labute approximate surface area is 234 Å². The first-order valence-corrected chi connectivity index (χ1v) is 14.6. The third-order valence-electron chi connectivity index (χ3n) is 8.70. The van der Waals surface area contributed by atoms with Gasteiger partial charge in [0.2, 0.25) is 0 Å². The zero-order valence-electron chi connectivity index (χ0n) is 24.2. The Morgan fingerprint density at radius 2 is 1.46 bits per heavy atom. The van der Waals surface area contributed by atoms with Crippen molar-refractivity contribution in [2.24, 2.45) is 5.73 Å². The van der Waals surface area contributed by atoms with Crippen LogP contribution < -0.4 is 10.5 Å². The summed E-state index contributed by atoms with van der Waals surface area (Å²) in [5.41, 5.74) is 13.8. The Bertz CT molecular complexity index is 1180. The van der Waals surface area contributed by atoms with Gasteiger partial charge in [-0.05, 0) is 74.9 Å². The molecule has 2 heterocycles. The van der Waals surface area contributed by atoms with Crippen LogP contribution in [0, 0.1) is 20.8 Å². The SMILES string of the molecule is Cc1cc(C)c2c(c1C)OC(C)(CN1CCN(CCCCOC(c3ccccc3)c3ccccc3)CC1)C2N. The summed E-state index contributed by atoms with van der Waals surface area (Å²) in [6, 6.07) is 23.2. The molecular formula is C34H45N3O2. The highest BCUT2D eigenvalue weighted by Gasteiger charge is 2.45. The molecule has 3 aromatic carbocycles. The number of piperazine rings is 1. The summed E-state index contributed by atoms with van der Waals surface area (Å²) in [5, 5.41) is 0. The number of rotatable bonds is 10. The van der Waals surface area contributed by atoms with E-state index in [2.05, 4.69) is 104 Å². The molecule has 208 valence electrons. The van der Waals surface area contributed by atoms with Gasteiger partial charge in [0.25, 0.3) is 0 Å². The van der Waals surface area contributed by atoms with Crippen LogP contribution in [0.15, 0.2) is 66.7 Å². The van der Waals surface area contributed by atoms with Gasteiger partial charge in [0.15, 0.2) is 0 Å². The second kappa shape index (κ2) is 12.2. The number of nitrogens with zero attached hydrogens (tertiary/aromatic N) is 2. The van der Waals surface area contributed by atoms with Crippen molar-refractivity contribution in [3.8, 4) is 5.75 Å². The number of hydrogen-bond acceptors (Lipinski definition) is 5. The number of nitrogens with two attached hydrogens (primary N) is 1. The molecule has 2 aliphatic heterocycles. The highest BCUT2D eigenvalue weighted by atomic mass is 16.5. The van der Waals surface area contributed by atoms with Gasteiger partial charge in [-0.2, -0.15) is 0 Å². The molecule has 2 N–H and O–H groups in total. The summed E-state index contributed by atoms with van der Waals surface area (Å²) in [5.74, 6) is 1.02. The lowest BCUT2D eigenvalue weighted by Gasteiger charge is -2.40. The van der Waals surface area contributed by atoms with Crippen molar-refractivity contribution in [2.75, 3.05) is 45.9 Å². The van der Waals surface area contributed by atoms with E-state index in [-0.39, 0.29) is 17.7 Å². The standard InChI is InChI=1S/C34H45N3O2/c1-25-23-26(2)30-31(27(25)3)39-34(4,33(30)35)24-37-20-18-36(19-21-37)17-11-12-22-38-32(28-13-7-5-8-14-28)29-15-9-6-10-16-29/h5-10,13-16,23,32-33H,11-12,17-22,24,35H2,1-4H3. The minimum absolute atomic E-state index is 0.0101. The molecule has 0 amide bonds. The first-order valence-electron chi connectivity index (χ1n) is 14.6. The molecule has 39 heavy (non-hydrogen) atoms. The molecule has 5 rings (SSSR count). The van der Waals surface area contributed by atoms with Crippen molar-refractivity contribution >= 4 is 0 Å². The Hall–Kier alpha value is -2.70. The van der Waals surface area contributed by atoms with Crippen molar-refractivity contribution in [1.29, 1.82) is 0 Å². The van der Waals surface area contributed by atoms with Crippen LogP contribution in [0.2, 0.25) is 0 Å². The minimum Gasteiger partial charge on any atom is -0.484 e. The molecule has 2 unspecified atom stereocenters. The van der Waals surface area contributed by atoms with Gasteiger partial charge in [-0.25, -0.2) is 0 Å². The van der Waals surface area contributed by atoms with E-state index < -0.39 is 0 Å². The molecular weight excluding hydrogens is 482 g/mol. The fourth-order valence-electron chi connectivity index (χ4n) is 6.22. The summed E-state index contributed by atoms with van der Waals surface area (Å²) < 4.78 is 13.0. The summed E-state index contributed by atoms with van der Waals surface area (Å²) in [7, 11) is 0. The highest BCUT2D eigenvalue weighted by molar-refractivity contribution is 5.55. The molecule has 0 radical (unpaired) electrons. The van der Waals surface area contributed by atoms with E-state index in [1.807, 2.05) is 0 Å². The number of hydrogen-bond donors (Lipinski definition) is 1. The van der Waals surface area contributed by atoms with Crippen LogP contribution >= 0.6 is 0 Å². The highest BCUT2D eigenvalue weighted by Crippen LogP contribution is 2.46. The van der Waals surface area contributed by atoms with Crippen LogP contribution in [-0.4, -0.2) is 61.3 Å². The van der Waals surface area contributed by atoms with E-state index in [0.717, 1.165) is 64.5 Å². The molecule has 3 aromatic rings. The second-order valence-electron chi connectivity index (χ2n) is 11.7. The summed E-state index contributed by atoms with van der Waals surface area (Å²) in [4.78, 5) is 5.12. The lowest BCUT2D eigenvalue weighted by atomic mass is 9.88. The van der Waals surface area contributed by atoms with E-state index in [9.17, 15) is 0 Å². The largest absolute Gasteiger partial charge is 0.484 e. The van der Waals surface area contributed by atoms with Crippen LogP contribution in [0.1, 0.15) is 65.3 Å². The molecule has 1 saturated heterocycles. The molecule has 0 aliphatic carbocycles. The van der Waals surface area contributed by atoms with Crippen molar-refractivity contribution in [3.05, 3.63) is 100 Å².